The van der Waals surface area contributed by atoms with Gasteiger partial charge in [-0.15, -0.1) is 11.3 Å². The van der Waals surface area contributed by atoms with E-state index in [0.29, 0.717) is 24.2 Å². The zero-order valence-electron chi connectivity index (χ0n) is 10.1. The van der Waals surface area contributed by atoms with Gasteiger partial charge >= 0.3 is 0 Å². The monoisotopic (exact) mass is 264 g/mol. The second-order valence-corrected chi connectivity index (χ2v) is 5.59. The fraction of sp³-hybridized carbons (Fsp3) is 0.583. The average molecular weight is 264 g/mol. The van der Waals surface area contributed by atoms with Crippen LogP contribution in [0.3, 0.4) is 0 Å². The van der Waals surface area contributed by atoms with E-state index >= 15 is 0 Å². The molecule has 0 saturated heterocycles. The third-order valence-electron chi connectivity index (χ3n) is 3.62. The topological polar surface area (TPSA) is 77.8 Å². The molecule has 96 valence electrons. The smallest absolute Gasteiger partial charge is 0.230 e. The average Bonchev–Trinajstić information content (AvgIpc) is 3.09. The van der Waals surface area contributed by atoms with Crippen LogP contribution in [0.2, 0.25) is 0 Å². The maximum atomic E-state index is 5.83. The fourth-order valence-corrected chi connectivity index (χ4v) is 3.17. The van der Waals surface area contributed by atoms with Crippen LogP contribution in [0, 0.1) is 5.92 Å². The number of hydrogen-bond donors (Lipinski definition) is 1. The maximum absolute atomic E-state index is 5.83. The molecular formula is C12H16N4OS. The number of nitrogens with two attached hydrogens (primary N) is 1. The molecule has 2 aromatic heterocycles. The minimum Gasteiger partial charge on any atom is -0.339 e. The lowest BCUT2D eigenvalue weighted by Crippen LogP contribution is -2.25. The van der Waals surface area contributed by atoms with Crippen molar-refractivity contribution in [2.24, 2.45) is 11.7 Å². The predicted octanol–water partition coefficient (Wildman–Crippen LogP) is 2.43. The van der Waals surface area contributed by atoms with Crippen LogP contribution in [-0.2, 0) is 0 Å². The standard InChI is InChI=1S/C12H16N4OS/c13-5-8-3-1-2-4-9(8)12-15-11(16-17-12)10-6-14-7-18-10/h6-9H,1-5,13H2. The van der Waals surface area contributed by atoms with Gasteiger partial charge in [-0.25, -0.2) is 0 Å². The van der Waals surface area contributed by atoms with Crippen LogP contribution >= 0.6 is 11.3 Å². The molecule has 0 amide bonds. The minimum absolute atomic E-state index is 0.331. The summed E-state index contributed by atoms with van der Waals surface area (Å²) in [6.45, 7) is 0.697. The van der Waals surface area contributed by atoms with Gasteiger partial charge in [0.2, 0.25) is 11.7 Å². The van der Waals surface area contributed by atoms with Crippen molar-refractivity contribution in [1.29, 1.82) is 0 Å². The molecule has 0 radical (unpaired) electrons. The van der Waals surface area contributed by atoms with Crippen LogP contribution in [0.1, 0.15) is 37.5 Å². The first-order valence-electron chi connectivity index (χ1n) is 6.31. The van der Waals surface area contributed by atoms with Crippen LogP contribution in [0.5, 0.6) is 0 Å². The summed E-state index contributed by atoms with van der Waals surface area (Å²) < 4.78 is 5.42. The summed E-state index contributed by atoms with van der Waals surface area (Å²) >= 11 is 1.52. The van der Waals surface area contributed by atoms with Crippen molar-refractivity contribution < 1.29 is 4.52 Å². The van der Waals surface area contributed by atoms with Crippen molar-refractivity contribution in [3.8, 4) is 10.7 Å². The lowest BCUT2D eigenvalue weighted by molar-refractivity contribution is 0.249. The minimum atomic E-state index is 0.331. The number of nitrogens with zero attached hydrogens (tertiary/aromatic N) is 3. The van der Waals surface area contributed by atoms with Gasteiger partial charge in [-0.1, -0.05) is 18.0 Å². The molecule has 0 spiro atoms. The third-order valence-corrected chi connectivity index (χ3v) is 4.39. The molecule has 2 unspecified atom stereocenters. The molecule has 2 atom stereocenters. The summed E-state index contributed by atoms with van der Waals surface area (Å²) in [5, 5.41) is 4.05. The molecule has 0 bridgehead atoms. The lowest BCUT2D eigenvalue weighted by Gasteiger charge is -2.27. The van der Waals surface area contributed by atoms with E-state index < -0.39 is 0 Å². The molecule has 1 fully saturated rings. The quantitative estimate of drug-likeness (QED) is 0.921. The van der Waals surface area contributed by atoms with Gasteiger partial charge in [0.05, 0.1) is 10.4 Å². The highest BCUT2D eigenvalue weighted by Gasteiger charge is 2.30. The Morgan fingerprint density at radius 3 is 3.06 bits per heavy atom. The second-order valence-electron chi connectivity index (χ2n) is 4.71. The van der Waals surface area contributed by atoms with E-state index in [2.05, 4.69) is 15.1 Å². The van der Waals surface area contributed by atoms with Gasteiger partial charge in [0, 0.05) is 12.1 Å². The Labute approximate surface area is 109 Å². The molecule has 5 nitrogen and oxygen atoms in total. The van der Waals surface area contributed by atoms with Crippen molar-refractivity contribution >= 4 is 11.3 Å². The Hall–Kier alpha value is -1.27. The third kappa shape index (κ3) is 2.18. The Morgan fingerprint density at radius 1 is 1.39 bits per heavy atom. The van der Waals surface area contributed by atoms with Gasteiger partial charge in [-0.3, -0.25) is 4.98 Å². The number of aromatic nitrogens is 3. The summed E-state index contributed by atoms with van der Waals surface area (Å²) in [5.41, 5.74) is 7.61. The highest BCUT2D eigenvalue weighted by molar-refractivity contribution is 7.13. The first-order valence-corrected chi connectivity index (χ1v) is 7.19. The van der Waals surface area contributed by atoms with E-state index in [-0.39, 0.29) is 0 Å². The molecule has 1 saturated carbocycles. The van der Waals surface area contributed by atoms with E-state index in [9.17, 15) is 0 Å². The highest BCUT2D eigenvalue weighted by Crippen LogP contribution is 2.37. The SMILES string of the molecule is NCC1CCCCC1c1nc(-c2cncs2)no1. The molecule has 3 rings (SSSR count). The molecule has 1 aliphatic rings. The summed E-state index contributed by atoms with van der Waals surface area (Å²) in [6.07, 6.45) is 6.51. The van der Waals surface area contributed by atoms with E-state index in [1.54, 1.807) is 11.7 Å². The van der Waals surface area contributed by atoms with Crippen LogP contribution in [0.4, 0.5) is 0 Å². The predicted molar refractivity (Wildman–Crippen MR) is 69.2 cm³/mol. The fourth-order valence-electron chi connectivity index (χ4n) is 2.63. The van der Waals surface area contributed by atoms with E-state index in [1.807, 2.05) is 0 Å². The Morgan fingerprint density at radius 2 is 2.28 bits per heavy atom. The first kappa shape index (κ1) is 11.8. The molecule has 1 aliphatic carbocycles. The van der Waals surface area contributed by atoms with Crippen LogP contribution in [0.15, 0.2) is 16.2 Å². The van der Waals surface area contributed by atoms with Gasteiger partial charge in [0.1, 0.15) is 0 Å². The molecule has 2 N–H and O–H groups in total. The van der Waals surface area contributed by atoms with Gasteiger partial charge < -0.3 is 10.3 Å². The number of hydrogen-bond acceptors (Lipinski definition) is 6. The molecule has 0 aromatic carbocycles. The zero-order chi connectivity index (χ0) is 12.4. The number of rotatable bonds is 3. The van der Waals surface area contributed by atoms with E-state index in [1.165, 1.54) is 30.6 Å². The summed E-state index contributed by atoms with van der Waals surface area (Å²) in [4.78, 5) is 9.49. The van der Waals surface area contributed by atoms with Crippen LogP contribution in [0.25, 0.3) is 10.7 Å². The molecule has 2 heterocycles. The summed E-state index contributed by atoms with van der Waals surface area (Å²) in [6, 6.07) is 0. The molecular weight excluding hydrogens is 248 g/mol. The molecule has 2 aromatic rings. The van der Waals surface area contributed by atoms with Crippen molar-refractivity contribution in [1.82, 2.24) is 15.1 Å². The van der Waals surface area contributed by atoms with Gasteiger partial charge in [0.15, 0.2) is 0 Å². The normalized spacial score (nSPS) is 24.3. The molecule has 6 heteroatoms. The summed E-state index contributed by atoms with van der Waals surface area (Å²) in [5.74, 6) is 2.20. The highest BCUT2D eigenvalue weighted by atomic mass is 32.1. The maximum Gasteiger partial charge on any atom is 0.230 e. The second kappa shape index (κ2) is 5.16. The van der Waals surface area contributed by atoms with Gasteiger partial charge in [-0.05, 0) is 25.3 Å². The van der Waals surface area contributed by atoms with Crippen LogP contribution in [-0.4, -0.2) is 21.7 Å². The molecule has 0 aliphatic heterocycles. The Kier molecular flexibility index (Phi) is 3.38. The van der Waals surface area contributed by atoms with Gasteiger partial charge in [-0.2, -0.15) is 4.98 Å². The largest absolute Gasteiger partial charge is 0.339 e. The lowest BCUT2D eigenvalue weighted by atomic mass is 9.79. The van der Waals surface area contributed by atoms with E-state index in [0.717, 1.165) is 17.2 Å². The van der Waals surface area contributed by atoms with E-state index in [4.69, 9.17) is 10.3 Å². The van der Waals surface area contributed by atoms with Crippen molar-refractivity contribution in [2.45, 2.75) is 31.6 Å². The number of thiazole rings is 1. The Bertz CT molecular complexity index is 496. The molecule has 18 heavy (non-hydrogen) atoms. The Balaban J connectivity index is 1.84. The van der Waals surface area contributed by atoms with Crippen LogP contribution < -0.4 is 5.73 Å². The first-order chi connectivity index (χ1) is 8.88. The van der Waals surface area contributed by atoms with Crippen molar-refractivity contribution in [3.05, 3.63) is 17.6 Å². The van der Waals surface area contributed by atoms with Crippen molar-refractivity contribution in [3.63, 3.8) is 0 Å². The summed E-state index contributed by atoms with van der Waals surface area (Å²) in [7, 11) is 0. The van der Waals surface area contributed by atoms with Gasteiger partial charge in [0.25, 0.3) is 0 Å². The zero-order valence-corrected chi connectivity index (χ0v) is 10.9. The van der Waals surface area contributed by atoms with Crippen molar-refractivity contribution in [2.75, 3.05) is 6.54 Å².